The summed E-state index contributed by atoms with van der Waals surface area (Å²) in [6, 6.07) is 7.99. The van der Waals surface area contributed by atoms with Gasteiger partial charge in [-0.3, -0.25) is 25.0 Å². The van der Waals surface area contributed by atoms with Crippen LogP contribution in [0.4, 0.5) is 10.5 Å². The van der Waals surface area contributed by atoms with E-state index in [1.807, 2.05) is 42.7 Å². The summed E-state index contributed by atoms with van der Waals surface area (Å²) in [5.41, 5.74) is 2.85. The number of barbiturate groups is 1. The summed E-state index contributed by atoms with van der Waals surface area (Å²) in [5.74, 6) is -1.41. The van der Waals surface area contributed by atoms with Crippen LogP contribution in [0.25, 0.3) is 6.08 Å². The van der Waals surface area contributed by atoms with Gasteiger partial charge in [-0.1, -0.05) is 12.1 Å². The second-order valence-electron chi connectivity index (χ2n) is 6.98. The molecule has 0 radical (unpaired) electrons. The van der Waals surface area contributed by atoms with Gasteiger partial charge in [0.05, 0.1) is 11.6 Å². The van der Waals surface area contributed by atoms with E-state index in [9.17, 15) is 19.2 Å². The molecule has 32 heavy (non-hydrogen) atoms. The van der Waals surface area contributed by atoms with Gasteiger partial charge in [0.25, 0.3) is 17.7 Å². The smallest absolute Gasteiger partial charge is 0.328 e. The van der Waals surface area contributed by atoms with Crippen LogP contribution in [0.3, 0.4) is 0 Å². The highest BCUT2D eigenvalue weighted by Gasteiger charge is 2.28. The van der Waals surface area contributed by atoms with E-state index in [1.165, 1.54) is 19.3 Å². The number of benzene rings is 2. The Morgan fingerprint density at radius 1 is 1.09 bits per heavy atom. The Balaban J connectivity index is 1.77. The van der Waals surface area contributed by atoms with Gasteiger partial charge in [0.2, 0.25) is 0 Å². The molecule has 5 amide bonds. The lowest BCUT2D eigenvalue weighted by Crippen LogP contribution is -2.51. The molecule has 0 aliphatic carbocycles. The van der Waals surface area contributed by atoms with Crippen LogP contribution in [-0.2, 0) is 14.4 Å². The number of urea groups is 1. The Labute approximate surface area is 192 Å². The predicted octanol–water partition coefficient (Wildman–Crippen LogP) is 2.84. The quantitative estimate of drug-likeness (QED) is 0.413. The fraction of sp³-hybridized carbons (Fsp3) is 0.182. The van der Waals surface area contributed by atoms with Crippen molar-refractivity contribution < 1.29 is 28.7 Å². The largest absolute Gasteiger partial charge is 0.493 e. The van der Waals surface area contributed by atoms with Crippen LogP contribution >= 0.6 is 15.9 Å². The van der Waals surface area contributed by atoms with Gasteiger partial charge < -0.3 is 14.8 Å². The highest BCUT2D eigenvalue weighted by atomic mass is 79.9. The van der Waals surface area contributed by atoms with Crippen molar-refractivity contribution in [3.8, 4) is 11.5 Å². The van der Waals surface area contributed by atoms with Gasteiger partial charge in [0.15, 0.2) is 18.1 Å². The number of methoxy groups -OCH3 is 1. The first-order valence-electron chi connectivity index (χ1n) is 9.43. The number of hydrogen-bond acceptors (Lipinski definition) is 6. The van der Waals surface area contributed by atoms with Crippen molar-refractivity contribution in [2.75, 3.05) is 19.0 Å². The number of carbonyl (C=O) groups is 4. The Morgan fingerprint density at radius 2 is 1.78 bits per heavy atom. The lowest BCUT2D eigenvalue weighted by atomic mass is 10.1. The zero-order chi connectivity index (χ0) is 23.4. The number of imide groups is 2. The summed E-state index contributed by atoms with van der Waals surface area (Å²) in [5, 5.41) is 6.82. The van der Waals surface area contributed by atoms with Crippen LogP contribution in [0.2, 0.25) is 0 Å². The molecule has 10 heteroatoms. The van der Waals surface area contributed by atoms with Gasteiger partial charge in [0, 0.05) is 5.69 Å². The van der Waals surface area contributed by atoms with E-state index < -0.39 is 17.8 Å². The summed E-state index contributed by atoms with van der Waals surface area (Å²) in [6.07, 6.45) is 1.31. The van der Waals surface area contributed by atoms with Gasteiger partial charge in [-0.05, 0) is 70.7 Å². The molecule has 0 saturated carbocycles. The van der Waals surface area contributed by atoms with Crippen molar-refractivity contribution in [3.63, 3.8) is 0 Å². The van der Waals surface area contributed by atoms with Gasteiger partial charge in [-0.2, -0.15) is 0 Å². The van der Waals surface area contributed by atoms with E-state index in [2.05, 4.69) is 21.2 Å². The predicted molar refractivity (Wildman–Crippen MR) is 120 cm³/mol. The molecule has 0 aromatic heterocycles. The number of aryl methyl sites for hydroxylation is 2. The Morgan fingerprint density at radius 3 is 2.44 bits per heavy atom. The van der Waals surface area contributed by atoms with E-state index in [4.69, 9.17) is 9.47 Å². The lowest BCUT2D eigenvalue weighted by Gasteiger charge is -2.16. The highest BCUT2D eigenvalue weighted by Crippen LogP contribution is 2.37. The fourth-order valence-corrected chi connectivity index (χ4v) is 3.50. The first kappa shape index (κ1) is 23.0. The van der Waals surface area contributed by atoms with Crippen LogP contribution in [0.1, 0.15) is 16.7 Å². The Bertz CT molecular complexity index is 1140. The summed E-state index contributed by atoms with van der Waals surface area (Å²) in [7, 11) is 1.42. The SMILES string of the molecule is COc1cc(C=C2C(=O)NC(=O)NC2=O)cc(Br)c1OCC(=O)Nc1cc(C)ccc1C. The lowest BCUT2D eigenvalue weighted by molar-refractivity contribution is -0.124. The second-order valence-corrected chi connectivity index (χ2v) is 7.84. The van der Waals surface area contributed by atoms with Gasteiger partial charge in [0.1, 0.15) is 5.57 Å². The zero-order valence-electron chi connectivity index (χ0n) is 17.5. The minimum atomic E-state index is -0.876. The average Bonchev–Trinajstić information content (AvgIpc) is 2.72. The van der Waals surface area contributed by atoms with Crippen molar-refractivity contribution >= 4 is 51.4 Å². The number of anilines is 1. The molecule has 0 atom stereocenters. The molecule has 3 N–H and O–H groups in total. The highest BCUT2D eigenvalue weighted by molar-refractivity contribution is 9.10. The fourth-order valence-electron chi connectivity index (χ4n) is 2.93. The molecule has 0 bridgehead atoms. The van der Waals surface area contributed by atoms with Crippen molar-refractivity contribution in [2.45, 2.75) is 13.8 Å². The molecule has 2 aromatic rings. The molecule has 1 aliphatic heterocycles. The van der Waals surface area contributed by atoms with Crippen LogP contribution in [0, 0.1) is 13.8 Å². The van der Waals surface area contributed by atoms with E-state index in [-0.39, 0.29) is 29.6 Å². The minimum absolute atomic E-state index is 0.236. The van der Waals surface area contributed by atoms with Gasteiger partial charge >= 0.3 is 6.03 Å². The third-order valence-corrected chi connectivity index (χ3v) is 5.11. The zero-order valence-corrected chi connectivity index (χ0v) is 19.1. The maximum atomic E-state index is 12.4. The molecule has 1 saturated heterocycles. The van der Waals surface area contributed by atoms with Gasteiger partial charge in [-0.15, -0.1) is 0 Å². The van der Waals surface area contributed by atoms with Gasteiger partial charge in [-0.25, -0.2) is 4.79 Å². The van der Waals surface area contributed by atoms with E-state index in [1.54, 1.807) is 6.07 Å². The van der Waals surface area contributed by atoms with Crippen LogP contribution in [0.15, 0.2) is 40.4 Å². The molecule has 166 valence electrons. The molecule has 1 aliphatic rings. The number of amides is 5. The first-order chi connectivity index (χ1) is 15.2. The average molecular weight is 502 g/mol. The maximum absolute atomic E-state index is 12.4. The molecule has 0 spiro atoms. The Kier molecular flexibility index (Phi) is 6.94. The third-order valence-electron chi connectivity index (χ3n) is 4.52. The van der Waals surface area contributed by atoms with Crippen LogP contribution in [0.5, 0.6) is 11.5 Å². The summed E-state index contributed by atoms with van der Waals surface area (Å²) < 4.78 is 11.4. The summed E-state index contributed by atoms with van der Waals surface area (Å²) in [6.45, 7) is 3.56. The van der Waals surface area contributed by atoms with Crippen LogP contribution in [-0.4, -0.2) is 37.5 Å². The van der Waals surface area contributed by atoms with E-state index in [0.29, 0.717) is 15.7 Å². The molecule has 3 rings (SSSR count). The molecule has 9 nitrogen and oxygen atoms in total. The topological polar surface area (TPSA) is 123 Å². The molecular formula is C22H20BrN3O6. The number of carbonyl (C=O) groups excluding carboxylic acids is 4. The van der Waals surface area contributed by atoms with Crippen molar-refractivity contribution in [1.29, 1.82) is 0 Å². The minimum Gasteiger partial charge on any atom is -0.493 e. The maximum Gasteiger partial charge on any atom is 0.328 e. The van der Waals surface area contributed by atoms with E-state index >= 15 is 0 Å². The monoisotopic (exact) mass is 501 g/mol. The molecular weight excluding hydrogens is 482 g/mol. The second kappa shape index (κ2) is 9.65. The Hall–Kier alpha value is -3.66. The number of rotatable bonds is 6. The number of halogens is 1. The van der Waals surface area contributed by atoms with Crippen molar-refractivity contribution in [3.05, 3.63) is 57.1 Å². The number of hydrogen-bond donors (Lipinski definition) is 3. The number of nitrogens with one attached hydrogen (secondary N) is 3. The standard InChI is InChI=1S/C22H20BrN3O6/c1-11-4-5-12(2)16(6-11)24-18(27)10-32-19-15(23)8-13(9-17(19)31-3)7-14-20(28)25-22(30)26-21(14)29/h4-9H,10H2,1-3H3,(H,24,27)(H2,25,26,28,29,30). The summed E-state index contributed by atoms with van der Waals surface area (Å²) in [4.78, 5) is 47.4. The van der Waals surface area contributed by atoms with Crippen molar-refractivity contribution in [1.82, 2.24) is 10.6 Å². The van der Waals surface area contributed by atoms with Crippen LogP contribution < -0.4 is 25.4 Å². The van der Waals surface area contributed by atoms with Crippen molar-refractivity contribution in [2.24, 2.45) is 0 Å². The molecule has 1 fully saturated rings. The molecule has 1 heterocycles. The molecule has 2 aromatic carbocycles. The first-order valence-corrected chi connectivity index (χ1v) is 10.2. The molecule has 0 unspecified atom stereocenters. The van der Waals surface area contributed by atoms with E-state index in [0.717, 1.165) is 11.1 Å². The summed E-state index contributed by atoms with van der Waals surface area (Å²) >= 11 is 3.36. The normalized spacial score (nSPS) is 13.2. The third kappa shape index (κ3) is 5.33. The number of ether oxygens (including phenoxy) is 2.